The summed E-state index contributed by atoms with van der Waals surface area (Å²) in [7, 11) is 0. The number of rotatable bonds is 1. The Labute approximate surface area is 86.9 Å². The van der Waals surface area contributed by atoms with E-state index in [-0.39, 0.29) is 5.54 Å². The minimum absolute atomic E-state index is 0.170. The maximum Gasteiger partial charge on any atom is 0.114 e. The van der Waals surface area contributed by atoms with E-state index < -0.39 is 0 Å². The van der Waals surface area contributed by atoms with E-state index in [0.29, 0.717) is 5.25 Å². The number of aromatic nitrogens is 1. The van der Waals surface area contributed by atoms with Gasteiger partial charge in [-0.2, -0.15) is 11.8 Å². The molecule has 72 valence electrons. The van der Waals surface area contributed by atoms with Gasteiger partial charge in [-0.05, 0) is 18.6 Å². The maximum atomic E-state index is 6.40. The van der Waals surface area contributed by atoms with Gasteiger partial charge in [0.25, 0.3) is 0 Å². The van der Waals surface area contributed by atoms with E-state index in [1.54, 1.807) is 11.3 Å². The first kappa shape index (κ1) is 9.49. The molecule has 1 saturated heterocycles. The zero-order valence-electron chi connectivity index (χ0n) is 7.69. The molecule has 0 spiro atoms. The molecule has 2 unspecified atom stereocenters. The molecule has 13 heavy (non-hydrogen) atoms. The molecule has 0 bridgehead atoms. The second-order valence-electron chi connectivity index (χ2n) is 3.49. The highest BCUT2D eigenvalue weighted by molar-refractivity contribution is 8.00. The van der Waals surface area contributed by atoms with Gasteiger partial charge >= 0.3 is 0 Å². The zero-order valence-corrected chi connectivity index (χ0v) is 9.33. The zero-order chi connectivity index (χ0) is 9.31. The lowest BCUT2D eigenvalue weighted by Gasteiger charge is -2.37. The van der Waals surface area contributed by atoms with Crippen LogP contribution in [-0.2, 0) is 5.54 Å². The molecule has 1 aromatic heterocycles. The molecule has 4 heteroatoms. The predicted octanol–water partition coefficient (Wildman–Crippen LogP) is 2.21. The molecule has 0 aliphatic carbocycles. The van der Waals surface area contributed by atoms with Crippen LogP contribution >= 0.6 is 23.1 Å². The fourth-order valence-electron chi connectivity index (χ4n) is 1.71. The van der Waals surface area contributed by atoms with Gasteiger partial charge in [-0.15, -0.1) is 11.3 Å². The smallest absolute Gasteiger partial charge is 0.114 e. The number of thiazole rings is 1. The summed E-state index contributed by atoms with van der Waals surface area (Å²) in [6, 6.07) is 0. The first-order valence-corrected chi connectivity index (χ1v) is 6.47. The van der Waals surface area contributed by atoms with Crippen molar-refractivity contribution in [2.45, 2.75) is 30.6 Å². The summed E-state index contributed by atoms with van der Waals surface area (Å²) in [6.07, 6.45) is 4.14. The summed E-state index contributed by atoms with van der Waals surface area (Å²) in [5, 5.41) is 3.61. The van der Waals surface area contributed by atoms with Crippen LogP contribution in [0.3, 0.4) is 0 Å². The molecule has 0 amide bonds. The van der Waals surface area contributed by atoms with Gasteiger partial charge in [-0.1, -0.05) is 6.92 Å². The monoisotopic (exact) mass is 214 g/mol. The molecule has 2 heterocycles. The normalized spacial score (nSPS) is 34.8. The molecule has 1 aromatic rings. The molecule has 2 nitrogen and oxygen atoms in total. The van der Waals surface area contributed by atoms with Crippen LogP contribution in [0.4, 0.5) is 0 Å². The SMILES string of the molecule is CC1SCCCC1(N)c1nccs1. The van der Waals surface area contributed by atoms with Crippen molar-refractivity contribution in [1.82, 2.24) is 4.98 Å². The lowest BCUT2D eigenvalue weighted by atomic mass is 9.91. The highest BCUT2D eigenvalue weighted by Gasteiger charge is 2.38. The average molecular weight is 214 g/mol. The van der Waals surface area contributed by atoms with Crippen LogP contribution in [0.5, 0.6) is 0 Å². The third kappa shape index (κ3) is 1.63. The lowest BCUT2D eigenvalue weighted by Crippen LogP contribution is -2.47. The first-order chi connectivity index (χ1) is 6.23. The van der Waals surface area contributed by atoms with Crippen molar-refractivity contribution < 1.29 is 0 Å². The molecule has 2 rings (SSSR count). The van der Waals surface area contributed by atoms with Gasteiger partial charge in [0.15, 0.2) is 0 Å². The van der Waals surface area contributed by atoms with Gasteiger partial charge < -0.3 is 5.73 Å². The van der Waals surface area contributed by atoms with Crippen LogP contribution in [0, 0.1) is 0 Å². The van der Waals surface area contributed by atoms with E-state index in [0.717, 1.165) is 11.4 Å². The third-order valence-corrected chi connectivity index (χ3v) is 5.07. The Hall–Kier alpha value is -0.0600. The van der Waals surface area contributed by atoms with E-state index in [1.165, 1.54) is 12.2 Å². The third-order valence-electron chi connectivity index (χ3n) is 2.66. The van der Waals surface area contributed by atoms with Crippen molar-refractivity contribution in [3.63, 3.8) is 0 Å². The Morgan fingerprint density at radius 3 is 3.15 bits per heavy atom. The second kappa shape index (κ2) is 3.59. The maximum absolute atomic E-state index is 6.40. The molecule has 0 radical (unpaired) electrons. The fraction of sp³-hybridized carbons (Fsp3) is 0.667. The van der Waals surface area contributed by atoms with Crippen molar-refractivity contribution in [3.8, 4) is 0 Å². The molecular weight excluding hydrogens is 200 g/mol. The quantitative estimate of drug-likeness (QED) is 0.779. The second-order valence-corrected chi connectivity index (χ2v) is 5.84. The molecule has 2 atom stereocenters. The van der Waals surface area contributed by atoms with Crippen LogP contribution in [0.15, 0.2) is 11.6 Å². The lowest BCUT2D eigenvalue weighted by molar-refractivity contribution is 0.389. The van der Waals surface area contributed by atoms with Crippen molar-refractivity contribution >= 4 is 23.1 Å². The Morgan fingerprint density at radius 2 is 2.54 bits per heavy atom. The van der Waals surface area contributed by atoms with Gasteiger partial charge in [0.2, 0.25) is 0 Å². The number of thioether (sulfide) groups is 1. The number of hydrogen-bond donors (Lipinski definition) is 1. The molecule has 1 fully saturated rings. The van der Waals surface area contributed by atoms with Gasteiger partial charge in [0.05, 0.1) is 5.54 Å². The summed E-state index contributed by atoms with van der Waals surface area (Å²) in [5.41, 5.74) is 6.23. The number of nitrogens with zero attached hydrogens (tertiary/aromatic N) is 1. The Kier molecular flexibility index (Phi) is 2.62. The summed E-state index contributed by atoms with van der Waals surface area (Å²) >= 11 is 3.65. The average Bonchev–Trinajstić information content (AvgIpc) is 2.63. The minimum atomic E-state index is -0.170. The topological polar surface area (TPSA) is 38.9 Å². The highest BCUT2D eigenvalue weighted by Crippen LogP contribution is 2.39. The van der Waals surface area contributed by atoms with E-state index in [9.17, 15) is 0 Å². The van der Waals surface area contributed by atoms with Crippen molar-refractivity contribution in [1.29, 1.82) is 0 Å². The summed E-state index contributed by atoms with van der Waals surface area (Å²) in [5.74, 6) is 1.24. The molecular formula is C9H14N2S2. The molecule has 0 aromatic carbocycles. The molecule has 1 aliphatic rings. The first-order valence-electron chi connectivity index (χ1n) is 4.54. The minimum Gasteiger partial charge on any atom is -0.319 e. The van der Waals surface area contributed by atoms with Crippen LogP contribution in [0.2, 0.25) is 0 Å². The summed E-state index contributed by atoms with van der Waals surface area (Å²) in [6.45, 7) is 2.21. The van der Waals surface area contributed by atoms with Crippen molar-refractivity contribution in [2.75, 3.05) is 5.75 Å². The van der Waals surface area contributed by atoms with Crippen LogP contribution < -0.4 is 5.73 Å². The van der Waals surface area contributed by atoms with Crippen molar-refractivity contribution in [3.05, 3.63) is 16.6 Å². The fourth-order valence-corrected chi connectivity index (χ4v) is 3.85. The van der Waals surface area contributed by atoms with Crippen LogP contribution in [-0.4, -0.2) is 16.0 Å². The van der Waals surface area contributed by atoms with Gasteiger partial charge in [-0.3, -0.25) is 0 Å². The standard InChI is InChI=1S/C9H14N2S2/c1-7-9(10,3-2-5-12-7)8-11-4-6-13-8/h4,6-7H,2-3,5,10H2,1H3. The Bertz CT molecular complexity index is 273. The van der Waals surface area contributed by atoms with E-state index >= 15 is 0 Å². The van der Waals surface area contributed by atoms with Gasteiger partial charge in [0, 0.05) is 16.8 Å². The van der Waals surface area contributed by atoms with Gasteiger partial charge in [0.1, 0.15) is 5.01 Å². The van der Waals surface area contributed by atoms with E-state index in [2.05, 4.69) is 11.9 Å². The van der Waals surface area contributed by atoms with Gasteiger partial charge in [-0.25, -0.2) is 4.98 Å². The van der Waals surface area contributed by atoms with E-state index in [4.69, 9.17) is 5.73 Å². The molecule has 1 aliphatic heterocycles. The largest absolute Gasteiger partial charge is 0.319 e. The highest BCUT2D eigenvalue weighted by atomic mass is 32.2. The van der Waals surface area contributed by atoms with Crippen LogP contribution in [0.25, 0.3) is 0 Å². The van der Waals surface area contributed by atoms with E-state index in [1.807, 2.05) is 23.3 Å². The molecule has 0 saturated carbocycles. The van der Waals surface area contributed by atoms with Crippen LogP contribution in [0.1, 0.15) is 24.8 Å². The predicted molar refractivity (Wildman–Crippen MR) is 59.1 cm³/mol. The summed E-state index contributed by atoms with van der Waals surface area (Å²) < 4.78 is 0. The summed E-state index contributed by atoms with van der Waals surface area (Å²) in [4.78, 5) is 4.34. The Balaban J connectivity index is 2.27. The Morgan fingerprint density at radius 1 is 1.69 bits per heavy atom. The number of nitrogens with two attached hydrogens (primary N) is 1. The number of hydrogen-bond acceptors (Lipinski definition) is 4. The van der Waals surface area contributed by atoms with Crippen molar-refractivity contribution in [2.24, 2.45) is 5.73 Å². The molecule has 2 N–H and O–H groups in total.